The minimum absolute atomic E-state index is 0.0421. The van der Waals surface area contributed by atoms with Crippen molar-refractivity contribution in [1.82, 2.24) is 9.78 Å². The number of hydrogen-bond acceptors (Lipinski definition) is 3. The summed E-state index contributed by atoms with van der Waals surface area (Å²) in [6.45, 7) is 12.1. The molecule has 0 saturated heterocycles. The van der Waals surface area contributed by atoms with Gasteiger partial charge in [-0.3, -0.25) is 4.79 Å². The van der Waals surface area contributed by atoms with E-state index in [1.165, 1.54) is 22.4 Å². The topological polar surface area (TPSA) is 38.1 Å². The number of aryl methyl sites for hydroxylation is 2. The second-order valence-electron chi connectivity index (χ2n) is 7.89. The number of rotatable bonds is 2. The van der Waals surface area contributed by atoms with Gasteiger partial charge in [0.15, 0.2) is 0 Å². The van der Waals surface area contributed by atoms with E-state index >= 15 is 0 Å². The molecule has 0 radical (unpaired) electrons. The Morgan fingerprint density at radius 3 is 2.62 bits per heavy atom. The summed E-state index contributed by atoms with van der Waals surface area (Å²) >= 11 is 0. The van der Waals surface area contributed by atoms with E-state index in [0.717, 1.165) is 25.1 Å². The Balaban J connectivity index is 1.98. The zero-order valence-electron chi connectivity index (χ0n) is 15.4. The van der Waals surface area contributed by atoms with Gasteiger partial charge in [-0.2, -0.15) is 5.10 Å². The van der Waals surface area contributed by atoms with Crippen LogP contribution in [0.15, 0.2) is 29.1 Å². The summed E-state index contributed by atoms with van der Waals surface area (Å²) < 4.78 is 1.60. The largest absolute Gasteiger partial charge is 0.352 e. The quantitative estimate of drug-likeness (QED) is 0.847. The number of hydrogen-bond donors (Lipinski definition) is 0. The molecule has 0 unspecified atom stereocenters. The van der Waals surface area contributed by atoms with Gasteiger partial charge in [0.25, 0.3) is 5.56 Å². The normalized spacial score (nSPS) is 14.6. The third-order valence-corrected chi connectivity index (χ3v) is 4.73. The Morgan fingerprint density at radius 1 is 1.17 bits per heavy atom. The van der Waals surface area contributed by atoms with Gasteiger partial charge in [-0.15, -0.1) is 0 Å². The van der Waals surface area contributed by atoms with Crippen LogP contribution in [0.1, 0.15) is 49.6 Å². The maximum atomic E-state index is 12.3. The molecule has 2 heterocycles. The van der Waals surface area contributed by atoms with Crippen molar-refractivity contribution in [3.63, 3.8) is 0 Å². The molecular formula is C20H27N3O. The summed E-state index contributed by atoms with van der Waals surface area (Å²) in [5, 5.41) is 4.62. The van der Waals surface area contributed by atoms with Gasteiger partial charge in [0.05, 0.1) is 5.69 Å². The van der Waals surface area contributed by atoms with Crippen molar-refractivity contribution in [1.29, 1.82) is 0 Å². The molecule has 1 aromatic heterocycles. The Kier molecular flexibility index (Phi) is 4.24. The first-order chi connectivity index (χ1) is 11.3. The molecule has 2 aromatic rings. The molecule has 1 aliphatic heterocycles. The highest BCUT2D eigenvalue weighted by atomic mass is 16.1. The van der Waals surface area contributed by atoms with Crippen LogP contribution in [0, 0.1) is 13.8 Å². The molecule has 0 bridgehead atoms. The van der Waals surface area contributed by atoms with Crippen LogP contribution in [0.5, 0.6) is 0 Å². The lowest BCUT2D eigenvalue weighted by Crippen LogP contribution is -2.38. The number of anilines is 1. The third-order valence-electron chi connectivity index (χ3n) is 4.73. The summed E-state index contributed by atoms with van der Waals surface area (Å²) in [5.41, 5.74) is 6.11. The van der Waals surface area contributed by atoms with E-state index in [1.54, 1.807) is 10.7 Å². The van der Waals surface area contributed by atoms with Gasteiger partial charge in [0, 0.05) is 23.7 Å². The Hall–Kier alpha value is -2.10. The van der Waals surface area contributed by atoms with Crippen LogP contribution < -0.4 is 10.5 Å². The molecule has 128 valence electrons. The summed E-state index contributed by atoms with van der Waals surface area (Å²) in [4.78, 5) is 14.6. The van der Waals surface area contributed by atoms with E-state index < -0.39 is 0 Å². The van der Waals surface area contributed by atoms with E-state index in [4.69, 9.17) is 0 Å². The molecule has 24 heavy (non-hydrogen) atoms. The van der Waals surface area contributed by atoms with Crippen molar-refractivity contribution in [2.45, 2.75) is 59.5 Å². The smallest absolute Gasteiger partial charge is 0.268 e. The summed E-state index contributed by atoms with van der Waals surface area (Å²) in [5.74, 6) is 0. The predicted octanol–water partition coefficient (Wildman–Crippen LogP) is 3.57. The van der Waals surface area contributed by atoms with Crippen LogP contribution in [0.4, 0.5) is 5.69 Å². The SMILES string of the molecule is Cc1cc(C)c2c(c1)N(Cn1nc(C(C)(C)C)ccc1=O)CCC2. The maximum Gasteiger partial charge on any atom is 0.268 e. The molecule has 0 amide bonds. The van der Waals surface area contributed by atoms with Crippen molar-refractivity contribution in [3.05, 3.63) is 57.0 Å². The summed E-state index contributed by atoms with van der Waals surface area (Å²) in [6.07, 6.45) is 2.23. The fourth-order valence-corrected chi connectivity index (χ4v) is 3.41. The molecule has 4 nitrogen and oxygen atoms in total. The van der Waals surface area contributed by atoms with Gasteiger partial charge in [-0.05, 0) is 55.5 Å². The van der Waals surface area contributed by atoms with Gasteiger partial charge in [0.2, 0.25) is 0 Å². The van der Waals surface area contributed by atoms with E-state index in [9.17, 15) is 4.79 Å². The molecule has 1 aliphatic rings. The highest BCUT2D eigenvalue weighted by molar-refractivity contribution is 5.59. The molecular weight excluding hydrogens is 298 g/mol. The Morgan fingerprint density at radius 2 is 1.92 bits per heavy atom. The van der Waals surface area contributed by atoms with Gasteiger partial charge in [-0.25, -0.2) is 4.68 Å². The van der Waals surface area contributed by atoms with E-state index in [2.05, 4.69) is 56.8 Å². The van der Waals surface area contributed by atoms with Crippen LogP contribution >= 0.6 is 0 Å². The fraction of sp³-hybridized carbons (Fsp3) is 0.500. The molecule has 1 aromatic carbocycles. The van der Waals surface area contributed by atoms with E-state index in [-0.39, 0.29) is 11.0 Å². The first kappa shape index (κ1) is 16.7. The monoisotopic (exact) mass is 325 g/mol. The number of aromatic nitrogens is 2. The second kappa shape index (κ2) is 6.08. The maximum absolute atomic E-state index is 12.3. The lowest BCUT2D eigenvalue weighted by molar-refractivity contribution is 0.482. The van der Waals surface area contributed by atoms with Crippen molar-refractivity contribution in [3.8, 4) is 0 Å². The standard InChI is InChI=1S/C20H27N3O/c1-14-11-15(2)16-7-6-10-22(17(16)12-14)13-23-19(24)9-8-18(21-23)20(3,4)5/h8-9,11-12H,6-7,10,13H2,1-5H3. The molecule has 0 fully saturated rings. The zero-order valence-corrected chi connectivity index (χ0v) is 15.4. The molecule has 0 atom stereocenters. The summed E-state index contributed by atoms with van der Waals surface area (Å²) in [7, 11) is 0. The molecule has 0 saturated carbocycles. The highest BCUT2D eigenvalue weighted by Crippen LogP contribution is 2.31. The van der Waals surface area contributed by atoms with Crippen molar-refractivity contribution in [2.24, 2.45) is 0 Å². The van der Waals surface area contributed by atoms with Gasteiger partial charge in [0.1, 0.15) is 6.67 Å². The average Bonchev–Trinajstić information content (AvgIpc) is 2.49. The number of benzene rings is 1. The van der Waals surface area contributed by atoms with Gasteiger partial charge >= 0.3 is 0 Å². The number of nitrogens with zero attached hydrogens (tertiary/aromatic N) is 3. The molecule has 0 N–H and O–H groups in total. The predicted molar refractivity (Wildman–Crippen MR) is 98.8 cm³/mol. The Labute approximate surface area is 144 Å². The van der Waals surface area contributed by atoms with Crippen molar-refractivity contribution < 1.29 is 0 Å². The van der Waals surface area contributed by atoms with Gasteiger partial charge in [-0.1, -0.05) is 26.8 Å². The fourth-order valence-electron chi connectivity index (χ4n) is 3.41. The lowest BCUT2D eigenvalue weighted by atomic mass is 9.92. The van der Waals surface area contributed by atoms with Crippen molar-refractivity contribution in [2.75, 3.05) is 11.4 Å². The minimum Gasteiger partial charge on any atom is -0.352 e. The lowest BCUT2D eigenvalue weighted by Gasteiger charge is -2.33. The van der Waals surface area contributed by atoms with Crippen LogP contribution in [0.3, 0.4) is 0 Å². The van der Waals surface area contributed by atoms with E-state index in [1.807, 2.05) is 6.07 Å². The van der Waals surface area contributed by atoms with Crippen LogP contribution in [0.2, 0.25) is 0 Å². The van der Waals surface area contributed by atoms with Crippen LogP contribution in [-0.2, 0) is 18.5 Å². The van der Waals surface area contributed by atoms with E-state index in [0.29, 0.717) is 6.67 Å². The van der Waals surface area contributed by atoms with Crippen molar-refractivity contribution >= 4 is 5.69 Å². The van der Waals surface area contributed by atoms with Gasteiger partial charge < -0.3 is 4.90 Å². The molecule has 4 heteroatoms. The highest BCUT2D eigenvalue weighted by Gasteiger charge is 2.21. The Bertz CT molecular complexity index is 815. The molecule has 3 rings (SSSR count). The first-order valence-electron chi connectivity index (χ1n) is 8.69. The molecule has 0 aliphatic carbocycles. The molecule has 0 spiro atoms. The zero-order chi connectivity index (χ0) is 17.5. The number of fused-ring (bicyclic) bond motifs is 1. The first-order valence-corrected chi connectivity index (χ1v) is 8.69. The third kappa shape index (κ3) is 3.23. The summed E-state index contributed by atoms with van der Waals surface area (Å²) in [6, 6.07) is 7.96. The average molecular weight is 325 g/mol. The van der Waals surface area contributed by atoms with Crippen LogP contribution in [-0.4, -0.2) is 16.3 Å². The minimum atomic E-state index is -0.0670. The second-order valence-corrected chi connectivity index (χ2v) is 7.89. The van der Waals surface area contributed by atoms with Crippen LogP contribution in [0.25, 0.3) is 0 Å².